The van der Waals surface area contributed by atoms with Gasteiger partial charge < -0.3 is 0 Å². The number of carbonyl (C=O) groups is 1. The van der Waals surface area contributed by atoms with Crippen LogP contribution in [0.1, 0.15) is 25.5 Å². The molecular formula is C13H16N3O2+. The van der Waals surface area contributed by atoms with E-state index in [1.807, 2.05) is 44.2 Å². The lowest BCUT2D eigenvalue weighted by Gasteiger charge is -1.99. The van der Waals surface area contributed by atoms with Crippen LogP contribution in [0.2, 0.25) is 0 Å². The molecule has 1 amide bonds. The highest BCUT2D eigenvalue weighted by Crippen LogP contribution is 2.05. The van der Waals surface area contributed by atoms with E-state index in [9.17, 15) is 4.79 Å². The van der Waals surface area contributed by atoms with Crippen LogP contribution in [-0.4, -0.2) is 11.2 Å². The second-order valence-corrected chi connectivity index (χ2v) is 4.35. The first-order valence-corrected chi connectivity index (χ1v) is 5.87. The number of nitrogens with zero attached hydrogens (tertiary/aromatic N) is 2. The first-order chi connectivity index (χ1) is 8.65. The Morgan fingerprint density at radius 1 is 1.39 bits per heavy atom. The molecule has 0 saturated heterocycles. The van der Waals surface area contributed by atoms with Crippen LogP contribution in [0.15, 0.2) is 41.1 Å². The number of aromatic nitrogens is 2. The molecular weight excluding hydrogens is 230 g/mol. The van der Waals surface area contributed by atoms with Gasteiger partial charge in [-0.1, -0.05) is 30.3 Å². The zero-order chi connectivity index (χ0) is 13.0. The Hall–Kier alpha value is -2.17. The van der Waals surface area contributed by atoms with Gasteiger partial charge in [0.05, 0.1) is 6.42 Å². The van der Waals surface area contributed by atoms with E-state index in [1.165, 1.54) is 0 Å². The highest BCUT2D eigenvalue weighted by atomic mass is 16.5. The fourth-order valence-electron chi connectivity index (χ4n) is 1.52. The number of hydrogen-bond acceptors (Lipinski definition) is 3. The Balaban J connectivity index is 1.95. The predicted molar refractivity (Wildman–Crippen MR) is 65.9 cm³/mol. The summed E-state index contributed by atoms with van der Waals surface area (Å²) >= 11 is 0. The van der Waals surface area contributed by atoms with Crippen LogP contribution in [-0.2, 0) is 11.2 Å². The molecule has 1 N–H and O–H groups in total. The molecule has 0 radical (unpaired) electrons. The molecule has 2 rings (SSSR count). The number of hydrogen-bond donors (Lipinski definition) is 1. The Bertz CT molecular complexity index is 520. The summed E-state index contributed by atoms with van der Waals surface area (Å²) in [4.78, 5) is 11.8. The molecule has 18 heavy (non-hydrogen) atoms. The number of rotatable bonds is 4. The van der Waals surface area contributed by atoms with Crippen LogP contribution >= 0.6 is 0 Å². The van der Waals surface area contributed by atoms with E-state index >= 15 is 0 Å². The second kappa shape index (κ2) is 5.44. The molecule has 1 aromatic carbocycles. The monoisotopic (exact) mass is 246 g/mol. The van der Waals surface area contributed by atoms with E-state index in [4.69, 9.17) is 4.52 Å². The Morgan fingerprint density at radius 3 is 2.72 bits per heavy atom. The van der Waals surface area contributed by atoms with Crippen LogP contribution in [0.25, 0.3) is 0 Å². The molecule has 0 aliphatic heterocycles. The van der Waals surface area contributed by atoms with Crippen molar-refractivity contribution in [3.63, 3.8) is 0 Å². The van der Waals surface area contributed by atoms with Crippen molar-refractivity contribution in [1.29, 1.82) is 0 Å². The smallest absolute Gasteiger partial charge is 0.289 e. The van der Waals surface area contributed by atoms with Crippen molar-refractivity contribution in [3.05, 3.63) is 42.1 Å². The van der Waals surface area contributed by atoms with Gasteiger partial charge in [-0.15, -0.1) is 0 Å². The van der Waals surface area contributed by atoms with E-state index in [1.54, 1.807) is 10.9 Å². The number of nitrogens with one attached hydrogen (secondary N) is 1. The van der Waals surface area contributed by atoms with Crippen molar-refractivity contribution in [3.8, 4) is 0 Å². The normalized spacial score (nSPS) is 10.6. The van der Waals surface area contributed by atoms with Gasteiger partial charge in [0.2, 0.25) is 11.2 Å². The predicted octanol–water partition coefficient (Wildman–Crippen LogP) is 1.72. The minimum atomic E-state index is -0.117. The maximum atomic E-state index is 11.8. The zero-order valence-corrected chi connectivity index (χ0v) is 10.5. The van der Waals surface area contributed by atoms with Gasteiger partial charge in [0.1, 0.15) is 0 Å². The Morgan fingerprint density at radius 2 is 2.11 bits per heavy atom. The van der Waals surface area contributed by atoms with Crippen molar-refractivity contribution < 1.29 is 14.0 Å². The van der Waals surface area contributed by atoms with Crippen molar-refractivity contribution in [2.75, 3.05) is 5.32 Å². The molecule has 0 aliphatic carbocycles. The number of anilines is 1. The largest absolute Gasteiger partial charge is 0.302 e. The Kier molecular flexibility index (Phi) is 3.72. The summed E-state index contributed by atoms with van der Waals surface area (Å²) < 4.78 is 6.67. The van der Waals surface area contributed by atoms with E-state index < -0.39 is 0 Å². The minimum absolute atomic E-state index is 0.117. The highest BCUT2D eigenvalue weighted by Gasteiger charge is 2.16. The molecule has 5 heteroatoms. The first-order valence-electron chi connectivity index (χ1n) is 5.87. The van der Waals surface area contributed by atoms with Gasteiger partial charge in [-0.3, -0.25) is 14.6 Å². The summed E-state index contributed by atoms with van der Waals surface area (Å²) in [5, 5.41) is 6.48. The molecule has 1 aromatic heterocycles. The van der Waals surface area contributed by atoms with Crippen molar-refractivity contribution in [1.82, 2.24) is 5.27 Å². The molecule has 0 unspecified atom stereocenters. The maximum Gasteiger partial charge on any atom is 0.302 e. The third kappa shape index (κ3) is 3.16. The lowest BCUT2D eigenvalue weighted by molar-refractivity contribution is -0.779. The number of benzene rings is 1. The zero-order valence-electron chi connectivity index (χ0n) is 10.5. The van der Waals surface area contributed by atoms with Crippen LogP contribution in [0, 0.1) is 0 Å². The third-order valence-electron chi connectivity index (χ3n) is 2.48. The van der Waals surface area contributed by atoms with Crippen molar-refractivity contribution in [2.24, 2.45) is 0 Å². The van der Waals surface area contributed by atoms with Crippen LogP contribution in [0.3, 0.4) is 0 Å². The summed E-state index contributed by atoms with van der Waals surface area (Å²) in [6.45, 7) is 3.97. The minimum Gasteiger partial charge on any atom is -0.289 e. The molecule has 0 bridgehead atoms. The molecule has 5 nitrogen and oxygen atoms in total. The molecule has 0 fully saturated rings. The second-order valence-electron chi connectivity index (χ2n) is 4.35. The molecule has 94 valence electrons. The lowest BCUT2D eigenvalue weighted by Crippen LogP contribution is -2.36. The van der Waals surface area contributed by atoms with Crippen molar-refractivity contribution in [2.45, 2.75) is 26.3 Å². The summed E-state index contributed by atoms with van der Waals surface area (Å²) in [7, 11) is 0. The van der Waals surface area contributed by atoms with Crippen molar-refractivity contribution >= 4 is 11.8 Å². The highest BCUT2D eigenvalue weighted by molar-refractivity contribution is 5.90. The van der Waals surface area contributed by atoms with Crippen LogP contribution < -0.4 is 10.00 Å². The fourth-order valence-corrected chi connectivity index (χ4v) is 1.52. The van der Waals surface area contributed by atoms with E-state index in [0.717, 1.165) is 5.56 Å². The van der Waals surface area contributed by atoms with E-state index in [2.05, 4.69) is 10.6 Å². The fraction of sp³-hybridized carbons (Fsp3) is 0.308. The standard InChI is InChI=1S/C13H15N3O2/c1-10(2)16-9-13(18-15-16)14-12(17)8-11-6-4-3-5-7-11/h3-7,9-10H,8H2,1-2H3/p+1. The average Bonchev–Trinajstić information content (AvgIpc) is 2.78. The van der Waals surface area contributed by atoms with Gasteiger partial charge in [0.15, 0.2) is 6.04 Å². The summed E-state index contributed by atoms with van der Waals surface area (Å²) in [6, 6.07) is 9.76. The quantitative estimate of drug-likeness (QED) is 0.836. The van der Waals surface area contributed by atoms with Crippen LogP contribution in [0.5, 0.6) is 0 Å². The molecule has 0 spiro atoms. The molecule has 0 atom stereocenters. The molecule has 0 aliphatic rings. The average molecular weight is 246 g/mol. The molecule has 2 aromatic rings. The molecule has 1 heterocycles. The van der Waals surface area contributed by atoms with Crippen LogP contribution in [0.4, 0.5) is 5.88 Å². The summed E-state index contributed by atoms with van der Waals surface area (Å²) in [6.07, 6.45) is 2.00. The van der Waals surface area contributed by atoms with Gasteiger partial charge in [-0.2, -0.15) is 0 Å². The van der Waals surface area contributed by atoms with Gasteiger partial charge in [0.25, 0.3) is 6.20 Å². The van der Waals surface area contributed by atoms with E-state index in [-0.39, 0.29) is 11.9 Å². The topological polar surface area (TPSA) is 59.0 Å². The van der Waals surface area contributed by atoms with Gasteiger partial charge in [-0.05, 0) is 24.1 Å². The van der Waals surface area contributed by atoms with Gasteiger partial charge >= 0.3 is 5.88 Å². The van der Waals surface area contributed by atoms with Gasteiger partial charge in [-0.25, -0.2) is 0 Å². The maximum absolute atomic E-state index is 11.8. The SMILES string of the molecule is CC(C)[n+]1cc(NC(=O)Cc2ccccc2)on1. The summed E-state index contributed by atoms with van der Waals surface area (Å²) in [5.74, 6) is 0.248. The van der Waals surface area contributed by atoms with E-state index in [0.29, 0.717) is 12.3 Å². The number of carbonyl (C=O) groups excluding carboxylic acids is 1. The number of amides is 1. The molecule has 0 saturated carbocycles. The first kappa shape index (κ1) is 12.3. The lowest BCUT2D eigenvalue weighted by atomic mass is 10.1. The Labute approximate surface area is 105 Å². The summed E-state index contributed by atoms with van der Waals surface area (Å²) in [5.41, 5.74) is 0.964. The third-order valence-corrected chi connectivity index (χ3v) is 2.48. The van der Waals surface area contributed by atoms with Gasteiger partial charge in [0, 0.05) is 0 Å².